The second-order valence-corrected chi connectivity index (χ2v) is 6.04. The first-order valence-electron chi connectivity index (χ1n) is 8.43. The van der Waals surface area contributed by atoms with Gasteiger partial charge in [-0.1, -0.05) is 24.3 Å². The minimum absolute atomic E-state index is 0.153. The lowest BCUT2D eigenvalue weighted by atomic mass is 10.0. The average Bonchev–Trinajstić information content (AvgIpc) is 2.70. The number of anilines is 1. The molecule has 3 N–H and O–H groups in total. The summed E-state index contributed by atoms with van der Waals surface area (Å²) in [5.41, 5.74) is 2.65. The molecule has 0 radical (unpaired) electrons. The van der Waals surface area contributed by atoms with E-state index < -0.39 is 0 Å². The fraction of sp³-hybridized carbons (Fsp3) is 0.263. The van der Waals surface area contributed by atoms with Crippen LogP contribution in [0.2, 0.25) is 0 Å². The Bertz CT molecular complexity index is 1030. The zero-order valence-electron chi connectivity index (χ0n) is 15.2. The molecule has 27 heavy (non-hydrogen) atoms. The number of aromatic nitrogens is 3. The fourth-order valence-electron chi connectivity index (χ4n) is 2.70. The maximum absolute atomic E-state index is 12.5. The van der Waals surface area contributed by atoms with Crippen LogP contribution in [0.5, 0.6) is 0 Å². The smallest absolute Gasteiger partial charge is 0.264 e. The van der Waals surface area contributed by atoms with Crippen LogP contribution in [0.15, 0.2) is 41.5 Å². The van der Waals surface area contributed by atoms with Gasteiger partial charge in [0.05, 0.1) is 36.5 Å². The summed E-state index contributed by atoms with van der Waals surface area (Å²) in [6.45, 7) is 0.674. The second kappa shape index (κ2) is 8.07. The van der Waals surface area contributed by atoms with E-state index >= 15 is 0 Å². The van der Waals surface area contributed by atoms with Crippen LogP contribution in [0.4, 0.5) is 5.82 Å². The van der Waals surface area contributed by atoms with E-state index in [4.69, 9.17) is 15.3 Å². The molecule has 0 saturated carbocycles. The molecule has 140 valence electrons. The van der Waals surface area contributed by atoms with Gasteiger partial charge in [0.25, 0.3) is 5.56 Å². The van der Waals surface area contributed by atoms with Crippen LogP contribution in [0, 0.1) is 5.41 Å². The number of nitrogens with one attached hydrogen (secondary N) is 2. The van der Waals surface area contributed by atoms with Crippen molar-refractivity contribution in [3.8, 4) is 11.3 Å². The van der Waals surface area contributed by atoms with Crippen LogP contribution in [0.1, 0.15) is 5.56 Å². The predicted molar refractivity (Wildman–Crippen MR) is 104 cm³/mol. The van der Waals surface area contributed by atoms with Gasteiger partial charge in [0.1, 0.15) is 11.2 Å². The molecule has 0 aliphatic carbocycles. The number of aryl methyl sites for hydroxylation is 1. The number of hydrogen-bond donors (Lipinski definition) is 3. The van der Waals surface area contributed by atoms with Crippen LogP contribution in [-0.2, 0) is 11.8 Å². The van der Waals surface area contributed by atoms with Crippen LogP contribution in [0.25, 0.3) is 22.2 Å². The van der Waals surface area contributed by atoms with Crippen molar-refractivity contribution >= 4 is 22.4 Å². The van der Waals surface area contributed by atoms with Crippen LogP contribution in [0.3, 0.4) is 0 Å². The number of methoxy groups -OCH3 is 1. The third-order valence-electron chi connectivity index (χ3n) is 4.19. The van der Waals surface area contributed by atoms with Crippen molar-refractivity contribution in [1.29, 1.82) is 5.41 Å². The molecule has 0 aliphatic heterocycles. The van der Waals surface area contributed by atoms with Gasteiger partial charge in [0.2, 0.25) is 0 Å². The monoisotopic (exact) mass is 367 g/mol. The number of fused-ring (bicyclic) bond motifs is 1. The molecule has 2 aromatic heterocycles. The molecule has 3 aromatic rings. The number of ether oxygens (including phenoxy) is 1. The molecule has 0 amide bonds. The van der Waals surface area contributed by atoms with Gasteiger partial charge in [-0.05, 0) is 11.6 Å². The molecule has 8 nitrogen and oxygen atoms in total. The summed E-state index contributed by atoms with van der Waals surface area (Å²) in [4.78, 5) is 21.5. The first kappa shape index (κ1) is 18.7. The minimum atomic E-state index is -0.311. The van der Waals surface area contributed by atoms with E-state index in [-0.39, 0.29) is 17.9 Å². The molecule has 0 bridgehead atoms. The number of benzene rings is 1. The Hall–Kier alpha value is -3.10. The van der Waals surface area contributed by atoms with E-state index in [1.54, 1.807) is 32.4 Å². The highest BCUT2D eigenvalue weighted by molar-refractivity contribution is 5.99. The first-order valence-corrected chi connectivity index (χ1v) is 8.43. The molecule has 3 rings (SSSR count). The summed E-state index contributed by atoms with van der Waals surface area (Å²) in [5, 5.41) is 20.4. The molecule has 0 fully saturated rings. The Kier molecular flexibility index (Phi) is 5.58. The summed E-state index contributed by atoms with van der Waals surface area (Å²) in [6, 6.07) is 8.94. The quantitative estimate of drug-likeness (QED) is 0.430. The number of aliphatic hydroxyl groups is 1. The molecular weight excluding hydrogens is 346 g/mol. The van der Waals surface area contributed by atoms with E-state index in [1.165, 1.54) is 10.9 Å². The van der Waals surface area contributed by atoms with Gasteiger partial charge in [-0.3, -0.25) is 4.79 Å². The Balaban J connectivity index is 2.09. The zero-order valence-corrected chi connectivity index (χ0v) is 15.2. The largest absolute Gasteiger partial charge is 0.390 e. The van der Waals surface area contributed by atoms with Gasteiger partial charge >= 0.3 is 0 Å². The predicted octanol–water partition coefficient (Wildman–Crippen LogP) is 1.41. The molecule has 0 unspecified atom stereocenters. The van der Waals surface area contributed by atoms with Gasteiger partial charge < -0.3 is 25.1 Å². The Labute approximate surface area is 156 Å². The standard InChI is InChI=1S/C19H21N5O3/c1-24-11-22-16-9-15(13-5-3-12(4-6-13)14(20)10-25)23-18(17(16)19(24)26)21-7-8-27-2/h3-6,9,11,20,25H,7-8,10H2,1-2H3,(H,21,23). The lowest BCUT2D eigenvalue weighted by Gasteiger charge is -2.12. The van der Waals surface area contributed by atoms with Crippen molar-refractivity contribution in [3.63, 3.8) is 0 Å². The molecule has 2 heterocycles. The second-order valence-electron chi connectivity index (χ2n) is 6.04. The highest BCUT2D eigenvalue weighted by Gasteiger charge is 2.13. The number of nitrogens with zero attached hydrogens (tertiary/aromatic N) is 3. The number of rotatable bonds is 7. The Morgan fingerprint density at radius 3 is 2.74 bits per heavy atom. The SMILES string of the molecule is COCCNc1nc(-c2ccc(C(=N)CO)cc2)cc2ncn(C)c(=O)c12. The van der Waals surface area contributed by atoms with E-state index in [0.717, 1.165) is 5.56 Å². The lowest BCUT2D eigenvalue weighted by molar-refractivity contribution is 0.210. The zero-order chi connectivity index (χ0) is 19.4. The highest BCUT2D eigenvalue weighted by atomic mass is 16.5. The van der Waals surface area contributed by atoms with Crippen molar-refractivity contribution in [2.75, 3.05) is 32.2 Å². The molecule has 0 saturated heterocycles. The summed E-state index contributed by atoms with van der Waals surface area (Å²) in [6.07, 6.45) is 1.49. The van der Waals surface area contributed by atoms with Gasteiger partial charge in [-0.25, -0.2) is 9.97 Å². The van der Waals surface area contributed by atoms with Gasteiger partial charge in [0.15, 0.2) is 0 Å². The highest BCUT2D eigenvalue weighted by Crippen LogP contribution is 2.25. The maximum Gasteiger partial charge on any atom is 0.264 e. The number of hydrogen-bond acceptors (Lipinski definition) is 7. The first-order chi connectivity index (χ1) is 13.0. The van der Waals surface area contributed by atoms with Gasteiger partial charge in [-0.15, -0.1) is 0 Å². The molecule has 0 aliphatic rings. The van der Waals surface area contributed by atoms with Crippen molar-refractivity contribution in [3.05, 3.63) is 52.6 Å². The summed E-state index contributed by atoms with van der Waals surface area (Å²) in [7, 11) is 3.26. The van der Waals surface area contributed by atoms with Crippen molar-refractivity contribution in [2.24, 2.45) is 7.05 Å². The third-order valence-corrected chi connectivity index (χ3v) is 4.19. The lowest BCUT2D eigenvalue weighted by Crippen LogP contribution is -2.20. The Morgan fingerprint density at radius 1 is 1.33 bits per heavy atom. The third kappa shape index (κ3) is 3.86. The molecule has 0 spiro atoms. The maximum atomic E-state index is 12.5. The molecule has 1 aromatic carbocycles. The van der Waals surface area contributed by atoms with Crippen molar-refractivity contribution in [1.82, 2.24) is 14.5 Å². The van der Waals surface area contributed by atoms with Crippen LogP contribution in [-0.4, -0.2) is 52.2 Å². The summed E-state index contributed by atoms with van der Waals surface area (Å²) in [5.74, 6) is 0.459. The van der Waals surface area contributed by atoms with E-state index in [0.29, 0.717) is 41.1 Å². The van der Waals surface area contributed by atoms with E-state index in [2.05, 4.69) is 15.3 Å². The average molecular weight is 367 g/mol. The molecular formula is C19H21N5O3. The summed E-state index contributed by atoms with van der Waals surface area (Å²) < 4.78 is 6.48. The normalized spacial score (nSPS) is 10.9. The van der Waals surface area contributed by atoms with Gasteiger partial charge in [0, 0.05) is 26.3 Å². The van der Waals surface area contributed by atoms with Crippen molar-refractivity contribution < 1.29 is 9.84 Å². The van der Waals surface area contributed by atoms with Crippen molar-refractivity contribution in [2.45, 2.75) is 0 Å². The minimum Gasteiger partial charge on any atom is -0.390 e. The van der Waals surface area contributed by atoms with E-state index in [9.17, 15) is 4.79 Å². The summed E-state index contributed by atoms with van der Waals surface area (Å²) >= 11 is 0. The van der Waals surface area contributed by atoms with Crippen LogP contribution < -0.4 is 10.9 Å². The van der Waals surface area contributed by atoms with Crippen LogP contribution >= 0.6 is 0 Å². The number of pyridine rings is 1. The Morgan fingerprint density at radius 2 is 2.07 bits per heavy atom. The molecule has 0 atom stereocenters. The topological polar surface area (TPSA) is 113 Å². The van der Waals surface area contributed by atoms with E-state index in [1.807, 2.05) is 12.1 Å². The fourth-order valence-corrected chi connectivity index (χ4v) is 2.70. The van der Waals surface area contributed by atoms with Gasteiger partial charge in [-0.2, -0.15) is 0 Å². The molecule has 8 heteroatoms. The number of aliphatic hydroxyl groups excluding tert-OH is 1.